The molecule has 0 spiro atoms. The number of rotatable bonds is 0. The fraction of sp³-hybridized carbons (Fsp3) is 0.250. The molecule has 0 unspecified atom stereocenters. The average molecular weight is 741 g/mol. The maximum atomic E-state index is 2.22. The molecule has 2 aliphatic carbocycles. The lowest BCUT2D eigenvalue weighted by Gasteiger charge is -2.09. The Hall–Kier alpha value is -5.46. The van der Waals surface area contributed by atoms with Crippen LogP contribution in [0.5, 0.6) is 0 Å². The summed E-state index contributed by atoms with van der Waals surface area (Å²) in [6, 6.07) is 60.6. The molecule has 0 radical (unpaired) electrons. The standard InChI is InChI=1S/C18H12.2C13H10.6C2H6/c1-2-8-14-13(7-1)15-9-3-4-11-17(15)18-12-6-5-10-16(14)18;2*1-3-7-12-10(5-1)9-11-6-2-4-8-13(11)12;6*1-2/h1-12H;2*1-8H,9H2;6*1-2H3. The van der Waals surface area contributed by atoms with Gasteiger partial charge in [-0.1, -0.05) is 253 Å². The van der Waals surface area contributed by atoms with Gasteiger partial charge in [-0.2, -0.15) is 0 Å². The molecule has 0 nitrogen and oxygen atoms in total. The van der Waals surface area contributed by atoms with Crippen LogP contribution in [0, 0.1) is 0 Å². The van der Waals surface area contributed by atoms with Crippen molar-refractivity contribution in [3.8, 4) is 22.3 Å². The second-order valence-electron chi connectivity index (χ2n) is 11.6. The van der Waals surface area contributed by atoms with E-state index in [-0.39, 0.29) is 0 Å². The zero-order valence-electron chi connectivity index (χ0n) is 36.6. The van der Waals surface area contributed by atoms with Crippen LogP contribution in [0.2, 0.25) is 0 Å². The van der Waals surface area contributed by atoms with E-state index in [4.69, 9.17) is 0 Å². The molecule has 56 heavy (non-hydrogen) atoms. The van der Waals surface area contributed by atoms with Crippen LogP contribution in [0.1, 0.15) is 105 Å². The van der Waals surface area contributed by atoms with E-state index >= 15 is 0 Å². The Balaban J connectivity index is 0.000000259. The van der Waals surface area contributed by atoms with Gasteiger partial charge in [-0.15, -0.1) is 0 Å². The molecule has 0 amide bonds. The largest absolute Gasteiger partial charge is 0.0683 e. The Morgan fingerprint density at radius 3 is 0.518 bits per heavy atom. The van der Waals surface area contributed by atoms with Gasteiger partial charge >= 0.3 is 0 Å². The van der Waals surface area contributed by atoms with Crippen LogP contribution in [0.25, 0.3) is 54.6 Å². The van der Waals surface area contributed by atoms with E-state index < -0.39 is 0 Å². The predicted octanol–water partition coefficient (Wildman–Crippen LogP) is 17.8. The van der Waals surface area contributed by atoms with Gasteiger partial charge in [0, 0.05) is 0 Å². The van der Waals surface area contributed by atoms with Crippen molar-refractivity contribution in [2.45, 2.75) is 95.9 Å². The molecule has 0 heterocycles. The normalized spacial score (nSPS) is 10.0. The summed E-state index contributed by atoms with van der Waals surface area (Å²) in [5.74, 6) is 0. The molecule has 0 heteroatoms. The quantitative estimate of drug-likeness (QED) is 0.136. The van der Waals surface area contributed by atoms with Crippen molar-refractivity contribution in [1.29, 1.82) is 0 Å². The number of hydrogen-bond acceptors (Lipinski definition) is 0. The van der Waals surface area contributed by atoms with Crippen LogP contribution in [0.4, 0.5) is 0 Å². The summed E-state index contributed by atoms with van der Waals surface area (Å²) in [6.07, 6.45) is 2.21. The first kappa shape index (κ1) is 46.7. The van der Waals surface area contributed by atoms with Crippen molar-refractivity contribution in [3.05, 3.63) is 192 Å². The Kier molecular flexibility index (Phi) is 22.0. The number of fused-ring (bicyclic) bond motifs is 12. The van der Waals surface area contributed by atoms with Gasteiger partial charge in [-0.05, 0) is 89.7 Å². The van der Waals surface area contributed by atoms with Gasteiger partial charge in [0.15, 0.2) is 0 Å². The first-order valence-electron chi connectivity index (χ1n) is 21.5. The molecule has 0 aliphatic heterocycles. The summed E-state index contributed by atoms with van der Waals surface area (Å²) in [5, 5.41) is 8.04. The molecular weight excluding hydrogens is 673 g/mol. The molecule has 0 saturated carbocycles. The molecule has 0 bridgehead atoms. The van der Waals surface area contributed by atoms with Crippen LogP contribution in [0.3, 0.4) is 0 Å². The minimum atomic E-state index is 1.10. The third-order valence-corrected chi connectivity index (χ3v) is 9.06. The highest BCUT2D eigenvalue weighted by Crippen LogP contribution is 2.37. The third-order valence-electron chi connectivity index (χ3n) is 9.06. The van der Waals surface area contributed by atoms with Crippen LogP contribution >= 0.6 is 0 Å². The van der Waals surface area contributed by atoms with E-state index in [2.05, 4.69) is 170 Å². The van der Waals surface area contributed by atoms with Crippen LogP contribution in [-0.2, 0) is 12.8 Å². The third kappa shape index (κ3) is 11.1. The van der Waals surface area contributed by atoms with Crippen molar-refractivity contribution in [2.24, 2.45) is 0 Å². The number of benzene rings is 8. The van der Waals surface area contributed by atoms with Crippen molar-refractivity contribution < 1.29 is 0 Å². The summed E-state index contributed by atoms with van der Waals surface area (Å²) in [4.78, 5) is 0. The van der Waals surface area contributed by atoms with Crippen molar-refractivity contribution in [3.63, 3.8) is 0 Å². The molecule has 292 valence electrons. The summed E-state index contributed by atoms with van der Waals surface area (Å²) in [7, 11) is 0. The van der Waals surface area contributed by atoms with E-state index in [9.17, 15) is 0 Å². The minimum Gasteiger partial charge on any atom is -0.0683 e. The minimum absolute atomic E-state index is 1.10. The molecule has 0 saturated heterocycles. The first-order valence-corrected chi connectivity index (χ1v) is 21.5. The van der Waals surface area contributed by atoms with E-state index in [1.54, 1.807) is 0 Å². The second-order valence-corrected chi connectivity index (χ2v) is 11.6. The second kappa shape index (κ2) is 26.4. The maximum Gasteiger partial charge on any atom is -0.00135 e. The first-order chi connectivity index (χ1) is 27.8. The van der Waals surface area contributed by atoms with Crippen LogP contribution in [0.15, 0.2) is 170 Å². The summed E-state index contributed by atoms with van der Waals surface area (Å²) in [5.41, 5.74) is 11.5. The molecule has 10 rings (SSSR count). The highest BCUT2D eigenvalue weighted by Gasteiger charge is 2.17. The summed E-state index contributed by atoms with van der Waals surface area (Å²) in [6.45, 7) is 24.0. The van der Waals surface area contributed by atoms with Crippen LogP contribution in [-0.4, -0.2) is 0 Å². The fourth-order valence-corrected chi connectivity index (χ4v) is 7.02. The topological polar surface area (TPSA) is 0 Å². The maximum absolute atomic E-state index is 2.22. The van der Waals surface area contributed by atoms with Gasteiger partial charge in [-0.25, -0.2) is 0 Å². The molecule has 2 aliphatic rings. The van der Waals surface area contributed by atoms with Crippen molar-refractivity contribution in [1.82, 2.24) is 0 Å². The van der Waals surface area contributed by atoms with Gasteiger partial charge < -0.3 is 0 Å². The van der Waals surface area contributed by atoms with Gasteiger partial charge in [-0.3, -0.25) is 0 Å². The van der Waals surface area contributed by atoms with Crippen molar-refractivity contribution in [2.75, 3.05) is 0 Å². The molecule has 8 aromatic carbocycles. The predicted molar refractivity (Wildman–Crippen MR) is 256 cm³/mol. The highest BCUT2D eigenvalue weighted by atomic mass is 14.2. The van der Waals surface area contributed by atoms with E-state index in [1.807, 2.05) is 83.1 Å². The van der Waals surface area contributed by atoms with Crippen molar-refractivity contribution >= 4 is 32.3 Å². The lowest BCUT2D eigenvalue weighted by atomic mass is 9.95. The Morgan fingerprint density at radius 2 is 0.339 bits per heavy atom. The number of hydrogen-bond donors (Lipinski definition) is 0. The molecule has 0 atom stereocenters. The Labute approximate surface area is 341 Å². The van der Waals surface area contributed by atoms with Gasteiger partial charge in [0.1, 0.15) is 0 Å². The van der Waals surface area contributed by atoms with Gasteiger partial charge in [0.05, 0.1) is 0 Å². The SMILES string of the molecule is CC.CC.CC.CC.CC.CC.c1ccc2c(c1)Cc1ccccc1-2.c1ccc2c(c1)Cc1ccccc1-2.c1ccc2c(c1)c1ccccc1c1ccccc21. The van der Waals surface area contributed by atoms with E-state index in [1.165, 1.54) is 76.8 Å². The molecule has 0 aromatic heterocycles. The zero-order valence-corrected chi connectivity index (χ0v) is 36.6. The molecular formula is C56H68. The van der Waals surface area contributed by atoms with E-state index in [0.717, 1.165) is 12.8 Å². The molecule has 0 N–H and O–H groups in total. The highest BCUT2D eigenvalue weighted by molar-refractivity contribution is 6.25. The fourth-order valence-electron chi connectivity index (χ4n) is 7.02. The average Bonchev–Trinajstić information content (AvgIpc) is 3.90. The molecule has 8 aromatic rings. The van der Waals surface area contributed by atoms with E-state index in [0.29, 0.717) is 0 Å². The van der Waals surface area contributed by atoms with Crippen LogP contribution < -0.4 is 0 Å². The Morgan fingerprint density at radius 1 is 0.196 bits per heavy atom. The zero-order chi connectivity index (χ0) is 41.3. The lowest BCUT2D eigenvalue weighted by Crippen LogP contribution is -1.81. The monoisotopic (exact) mass is 741 g/mol. The molecule has 0 fully saturated rings. The summed E-state index contributed by atoms with van der Waals surface area (Å²) < 4.78 is 0. The summed E-state index contributed by atoms with van der Waals surface area (Å²) >= 11 is 0. The van der Waals surface area contributed by atoms with Gasteiger partial charge in [0.2, 0.25) is 0 Å². The van der Waals surface area contributed by atoms with Gasteiger partial charge in [0.25, 0.3) is 0 Å². The smallest absolute Gasteiger partial charge is 0.00135 e. The lowest BCUT2D eigenvalue weighted by molar-refractivity contribution is 1.26. The Bertz CT molecular complexity index is 1890.